The number of aliphatic imine (C=N–C) groups is 2. The smallest absolute Gasteiger partial charge is 0.388 e. The number of nitrogens with zero attached hydrogens (tertiary/aromatic N) is 2. The van der Waals surface area contributed by atoms with E-state index in [-0.39, 0.29) is 22.3 Å². The maximum absolute atomic E-state index is 12.7. The van der Waals surface area contributed by atoms with E-state index in [2.05, 4.69) is 27.9 Å². The van der Waals surface area contributed by atoms with Crippen molar-refractivity contribution in [3.05, 3.63) is 131 Å². The highest BCUT2D eigenvalue weighted by Crippen LogP contribution is 2.38. The molecule has 4 aromatic carbocycles. The zero-order chi connectivity index (χ0) is 43.3. The number of para-hydroxylation sites is 2. The quantitative estimate of drug-likeness (QED) is 0.0651. The molecule has 0 heterocycles. The monoisotopic (exact) mass is 924 g/mol. The second-order valence-electron chi connectivity index (χ2n) is 11.2. The summed E-state index contributed by atoms with van der Waals surface area (Å²) in [5.74, 6) is -2.50. The average Bonchev–Trinajstić information content (AvgIpc) is 3.66. The number of rotatable bonds is 1. The third-order valence-electron chi connectivity index (χ3n) is 6.66. The Balaban J connectivity index is -0.000000296. The highest BCUT2D eigenvalue weighted by Gasteiger charge is 2.36. The lowest BCUT2D eigenvalue weighted by Crippen LogP contribution is -2.14. The first-order valence-electron chi connectivity index (χ1n) is 16.7. The summed E-state index contributed by atoms with van der Waals surface area (Å²) in [4.78, 5) is 24.9. The number of nitrogen functional groups attached to an aromatic ring is 1. The Labute approximate surface area is 360 Å². The number of hydrogen-bond donors (Lipinski definition) is 2. The normalized spacial score (nSPS) is 12.7. The van der Waals surface area contributed by atoms with E-state index < -0.39 is 26.6 Å². The van der Waals surface area contributed by atoms with Crippen molar-refractivity contribution < 1.29 is 40.9 Å². The van der Waals surface area contributed by atoms with E-state index in [1.165, 1.54) is 37.4 Å². The first kappa shape index (κ1) is 61.0. The third kappa shape index (κ3) is 33.3. The van der Waals surface area contributed by atoms with Crippen LogP contribution in [0.5, 0.6) is 0 Å². The lowest BCUT2D eigenvalue weighted by Gasteiger charge is -2.08. The second-order valence-corrected chi connectivity index (χ2v) is 15.3. The molecule has 2 aliphatic rings. The molecule has 4 aromatic rings. The number of isocyanates is 2. The Morgan fingerprint density at radius 1 is 0.638 bits per heavy atom. The van der Waals surface area contributed by atoms with Crippen molar-refractivity contribution in [2.45, 2.75) is 72.6 Å². The van der Waals surface area contributed by atoms with Gasteiger partial charge in [0.1, 0.15) is 4.33 Å². The first-order chi connectivity index (χ1) is 26.2. The maximum atomic E-state index is 12.7. The van der Waals surface area contributed by atoms with Crippen LogP contribution >= 0.6 is 58.0 Å². The molecule has 0 fully saturated rings. The van der Waals surface area contributed by atoms with Gasteiger partial charge in [-0.3, -0.25) is 9.41 Å². The van der Waals surface area contributed by atoms with Gasteiger partial charge in [-0.1, -0.05) is 134 Å². The maximum Gasteiger partial charge on any atom is 0.388 e. The van der Waals surface area contributed by atoms with Crippen LogP contribution in [0.2, 0.25) is 0 Å². The van der Waals surface area contributed by atoms with Gasteiger partial charge in [0, 0.05) is 44.8 Å². The minimum Gasteiger partial charge on any atom is -0.399 e. The Hall–Kier alpha value is -3.64. The summed E-state index contributed by atoms with van der Waals surface area (Å²) in [5, 5.41) is 0. The summed E-state index contributed by atoms with van der Waals surface area (Å²) in [5.41, 5.74) is 15.5. The van der Waals surface area contributed by atoms with E-state index in [0.717, 1.165) is 36.6 Å². The summed E-state index contributed by atoms with van der Waals surface area (Å²) >= 11 is 27.7. The molecule has 18 heteroatoms. The molecule has 6 nitrogen and oxygen atoms in total. The van der Waals surface area contributed by atoms with Crippen molar-refractivity contribution in [1.29, 1.82) is 0 Å². The van der Waals surface area contributed by atoms with Crippen LogP contribution in [0.3, 0.4) is 0 Å². The average molecular weight is 927 g/mol. The Kier molecular flexibility index (Phi) is 35.0. The third-order valence-corrected chi connectivity index (χ3v) is 7.99. The van der Waals surface area contributed by atoms with Crippen LogP contribution in [0.15, 0.2) is 119 Å². The lowest BCUT2D eigenvalue weighted by molar-refractivity contribution is -0.130. The van der Waals surface area contributed by atoms with Gasteiger partial charge in [0.15, 0.2) is 3.79 Å². The van der Waals surface area contributed by atoms with Crippen LogP contribution < -0.4 is 11.5 Å². The van der Waals surface area contributed by atoms with Crippen molar-refractivity contribution in [3.8, 4) is 0 Å². The SMILES string of the molecule is CCC(Cl)(Cl)Cl.CCC(F)(F)F.CN.CN=C=O.ClC1(Cl)Cc2ccccc2C1.F.F.FC1(F)Cc2ccccc2C1.Nc1ccccc1.O=C=Nc1ccccc1. The van der Waals surface area contributed by atoms with Crippen molar-refractivity contribution in [3.63, 3.8) is 0 Å². The van der Waals surface area contributed by atoms with Gasteiger partial charge in [0.2, 0.25) is 12.2 Å². The lowest BCUT2D eigenvalue weighted by atomic mass is 10.1. The van der Waals surface area contributed by atoms with Crippen LogP contribution in [0.4, 0.5) is 42.7 Å². The first-order valence-corrected chi connectivity index (χ1v) is 18.6. The molecule has 2 aliphatic carbocycles. The van der Waals surface area contributed by atoms with Crippen LogP contribution in [0.25, 0.3) is 0 Å². The number of halogens is 12. The predicted molar refractivity (Wildman–Crippen MR) is 228 cm³/mol. The van der Waals surface area contributed by atoms with Crippen molar-refractivity contribution in [2.75, 3.05) is 19.8 Å². The summed E-state index contributed by atoms with van der Waals surface area (Å²) in [6.45, 7) is 2.90. The van der Waals surface area contributed by atoms with Crippen molar-refractivity contribution in [2.24, 2.45) is 15.7 Å². The minimum absolute atomic E-state index is 0. The van der Waals surface area contributed by atoms with E-state index in [1.807, 2.05) is 67.6 Å². The molecule has 0 atom stereocenters. The van der Waals surface area contributed by atoms with Gasteiger partial charge in [-0.2, -0.15) is 18.2 Å². The van der Waals surface area contributed by atoms with Crippen LogP contribution in [0, 0.1) is 0 Å². The molecule has 0 unspecified atom stereocenters. The number of nitrogens with two attached hydrogens (primary N) is 2. The zero-order valence-electron chi connectivity index (χ0n) is 32.1. The van der Waals surface area contributed by atoms with Gasteiger partial charge in [-0.05, 0) is 60.0 Å². The number of hydrogen-bond acceptors (Lipinski definition) is 6. The van der Waals surface area contributed by atoms with Gasteiger partial charge in [0.05, 0.1) is 5.69 Å². The highest BCUT2D eigenvalue weighted by molar-refractivity contribution is 6.67. The molecule has 0 aromatic heterocycles. The molecule has 4 N–H and O–H groups in total. The summed E-state index contributed by atoms with van der Waals surface area (Å²) < 4.78 is 56.2. The Morgan fingerprint density at radius 3 is 1.17 bits per heavy atom. The predicted octanol–water partition coefficient (Wildman–Crippen LogP) is 12.9. The van der Waals surface area contributed by atoms with E-state index in [1.54, 1.807) is 36.4 Å². The topological polar surface area (TPSA) is 111 Å². The molecular formula is C40H48Cl5F7N4O2. The largest absolute Gasteiger partial charge is 0.399 e. The molecular weight excluding hydrogens is 879 g/mol. The highest BCUT2D eigenvalue weighted by atomic mass is 35.6. The molecule has 0 aliphatic heterocycles. The molecule has 0 radical (unpaired) electrons. The van der Waals surface area contributed by atoms with Crippen LogP contribution in [-0.2, 0) is 35.3 Å². The molecule has 0 amide bonds. The van der Waals surface area contributed by atoms with Crippen molar-refractivity contribution in [1.82, 2.24) is 0 Å². The van der Waals surface area contributed by atoms with Gasteiger partial charge in [-0.15, -0.1) is 23.2 Å². The van der Waals surface area contributed by atoms with Gasteiger partial charge in [0.25, 0.3) is 5.92 Å². The number of benzene rings is 4. The van der Waals surface area contributed by atoms with Crippen LogP contribution in [0.1, 0.15) is 48.9 Å². The fourth-order valence-electron chi connectivity index (χ4n) is 4.05. The fourth-order valence-corrected chi connectivity index (χ4v) is 4.63. The summed E-state index contributed by atoms with van der Waals surface area (Å²) in [6.07, 6.45) is 0.0518. The van der Waals surface area contributed by atoms with Gasteiger partial charge in [-0.25, -0.2) is 23.4 Å². The Morgan fingerprint density at radius 2 is 0.931 bits per heavy atom. The molecule has 324 valence electrons. The molecule has 0 bridgehead atoms. The van der Waals surface area contributed by atoms with E-state index >= 15 is 0 Å². The van der Waals surface area contributed by atoms with Gasteiger partial charge >= 0.3 is 6.18 Å². The fraction of sp³-hybridized carbons (Fsp3) is 0.350. The summed E-state index contributed by atoms with van der Waals surface area (Å²) in [6, 6.07) is 33.8. The van der Waals surface area contributed by atoms with E-state index in [4.69, 9.17) is 68.5 Å². The number of alkyl halides is 10. The van der Waals surface area contributed by atoms with E-state index in [9.17, 15) is 26.7 Å². The zero-order valence-corrected chi connectivity index (χ0v) is 35.9. The minimum atomic E-state index is -3.96. The molecule has 0 spiro atoms. The molecule has 0 saturated carbocycles. The second kappa shape index (κ2) is 33.2. The number of carbonyl (C=O) groups excluding carboxylic acids is 2. The number of fused-ring (bicyclic) bond motifs is 2. The standard InChI is InChI=1S/C9H8Cl2.C9H8F2.C7H5NO.C6H7N.C3H5Cl3.C3H5F3.C2H3NO.CH5N.2FH/c2*10-9(11)5-7-3-1-2-4-8(7)6-9;9-6-8-7-4-2-1-3-5-7;7-6-4-2-1-3-5-6;2*1-2-3(4,5)6;1-3-2-4;1-2;;/h2*1-4H,5-6H2;1-5H;1-5H,7H2;2*2H2,1H3;1H3;2H2,1H3;2*1H. The van der Waals surface area contributed by atoms with E-state index in [0.29, 0.717) is 12.1 Å². The molecule has 0 saturated heterocycles. The van der Waals surface area contributed by atoms with Crippen molar-refractivity contribution >= 4 is 81.5 Å². The number of anilines is 1. The van der Waals surface area contributed by atoms with Gasteiger partial charge < -0.3 is 11.5 Å². The Bertz CT molecular complexity index is 1600. The molecule has 58 heavy (non-hydrogen) atoms. The molecule has 6 rings (SSSR count). The summed E-state index contributed by atoms with van der Waals surface area (Å²) in [7, 11) is 2.88. The van der Waals surface area contributed by atoms with Crippen LogP contribution in [-0.4, -0.2) is 46.5 Å².